The van der Waals surface area contributed by atoms with Gasteiger partial charge in [0.2, 0.25) is 5.91 Å². The van der Waals surface area contributed by atoms with Crippen molar-refractivity contribution in [3.05, 3.63) is 70.5 Å². The summed E-state index contributed by atoms with van der Waals surface area (Å²) in [7, 11) is 1.74. The molecule has 1 amide bonds. The summed E-state index contributed by atoms with van der Waals surface area (Å²) in [5.41, 5.74) is 0.441. The zero-order valence-corrected chi connectivity index (χ0v) is 18.0. The van der Waals surface area contributed by atoms with Gasteiger partial charge in [0.1, 0.15) is 0 Å². The quantitative estimate of drug-likeness (QED) is 0.584. The highest BCUT2D eigenvalue weighted by Gasteiger charge is 2.33. The van der Waals surface area contributed by atoms with Crippen molar-refractivity contribution in [2.24, 2.45) is 0 Å². The first-order valence-corrected chi connectivity index (χ1v) is 10.6. The summed E-state index contributed by atoms with van der Waals surface area (Å²) >= 11 is 5.64. The Hall–Kier alpha value is -2.38. The third-order valence-corrected chi connectivity index (χ3v) is 5.91. The van der Waals surface area contributed by atoms with Gasteiger partial charge in [-0.25, -0.2) is 0 Å². The molecule has 8 heteroatoms. The third kappa shape index (κ3) is 6.55. The molecule has 1 fully saturated rings. The molecule has 2 heterocycles. The van der Waals surface area contributed by atoms with Crippen molar-refractivity contribution in [3.8, 4) is 0 Å². The lowest BCUT2D eigenvalue weighted by atomic mass is 10.0. The number of amides is 1. The van der Waals surface area contributed by atoms with Gasteiger partial charge < -0.3 is 9.80 Å². The van der Waals surface area contributed by atoms with Crippen LogP contribution in [0, 0.1) is 0 Å². The summed E-state index contributed by atoms with van der Waals surface area (Å²) in [5.74, 6) is -0.226. The zero-order chi connectivity index (χ0) is 22.4. The van der Waals surface area contributed by atoms with Crippen LogP contribution in [-0.2, 0) is 17.4 Å². The Morgan fingerprint density at radius 2 is 2.00 bits per heavy atom. The number of likely N-dealkylation sites (N-methyl/N-ethyl adjacent to an activating group) is 1. The highest BCUT2D eigenvalue weighted by molar-refractivity contribution is 6.31. The van der Waals surface area contributed by atoms with E-state index in [0.29, 0.717) is 0 Å². The second-order valence-electron chi connectivity index (χ2n) is 7.66. The van der Waals surface area contributed by atoms with E-state index in [1.165, 1.54) is 24.3 Å². The molecule has 1 aliphatic rings. The number of likely N-dealkylation sites (tertiary alicyclic amines) is 1. The van der Waals surface area contributed by atoms with Gasteiger partial charge in [-0.05, 0) is 48.7 Å². The molecule has 166 valence electrons. The lowest BCUT2D eigenvalue weighted by Crippen LogP contribution is -2.45. The van der Waals surface area contributed by atoms with Crippen molar-refractivity contribution < 1.29 is 18.0 Å². The molecule has 4 nitrogen and oxygen atoms in total. The Bertz CT molecular complexity index is 910. The number of halogens is 4. The molecule has 0 radical (unpaired) electrons. The predicted octanol–water partition coefficient (Wildman–Crippen LogP) is 4.93. The fourth-order valence-corrected chi connectivity index (χ4v) is 3.90. The highest BCUT2D eigenvalue weighted by Crippen LogP contribution is 2.35. The smallest absolute Gasteiger partial charge is 0.339 e. The van der Waals surface area contributed by atoms with Gasteiger partial charge in [0, 0.05) is 57.1 Å². The fraction of sp³-hybridized carbons (Fsp3) is 0.391. The molecule has 3 rings (SSSR count). The van der Waals surface area contributed by atoms with E-state index < -0.39 is 11.7 Å². The van der Waals surface area contributed by atoms with Crippen molar-refractivity contribution >= 4 is 23.6 Å². The van der Waals surface area contributed by atoms with Crippen LogP contribution in [0.5, 0.6) is 0 Å². The Balaban J connectivity index is 1.50. The van der Waals surface area contributed by atoms with Crippen molar-refractivity contribution in [2.45, 2.75) is 31.5 Å². The number of carbonyl (C=O) groups is 1. The largest absolute Gasteiger partial charge is 0.417 e. The number of hydrogen-bond acceptors (Lipinski definition) is 3. The topological polar surface area (TPSA) is 36.4 Å². The lowest BCUT2D eigenvalue weighted by molar-refractivity contribution is -0.137. The van der Waals surface area contributed by atoms with Crippen molar-refractivity contribution in [3.63, 3.8) is 0 Å². The zero-order valence-electron chi connectivity index (χ0n) is 17.3. The van der Waals surface area contributed by atoms with Crippen molar-refractivity contribution in [2.75, 3.05) is 26.7 Å². The van der Waals surface area contributed by atoms with Gasteiger partial charge >= 0.3 is 6.18 Å². The summed E-state index contributed by atoms with van der Waals surface area (Å²) in [6.45, 7) is 2.72. The Kier molecular flexibility index (Phi) is 7.73. The van der Waals surface area contributed by atoms with E-state index >= 15 is 0 Å². The van der Waals surface area contributed by atoms with E-state index in [0.717, 1.165) is 50.7 Å². The minimum Gasteiger partial charge on any atom is -0.339 e. The van der Waals surface area contributed by atoms with Gasteiger partial charge in [-0.2, -0.15) is 13.2 Å². The summed E-state index contributed by atoms with van der Waals surface area (Å²) in [6.07, 6.45) is 2.58. The second kappa shape index (κ2) is 10.3. The predicted molar refractivity (Wildman–Crippen MR) is 116 cm³/mol. The number of alkyl halides is 3. The van der Waals surface area contributed by atoms with Crippen LogP contribution in [0.3, 0.4) is 0 Å². The molecule has 0 atom stereocenters. The molecule has 1 aromatic heterocycles. The standard InChI is InChI=1S/C23H25ClF3N3O/c1-29(19-10-14-30(15-11-19)13-9-18-4-2-3-12-28-18)22(31)8-6-17-5-7-21(24)20(16-17)23(25,26)27/h2-8,12,16,19H,9-11,13-15H2,1H3/b8-6+. The molecule has 0 aliphatic carbocycles. The van der Waals surface area contributed by atoms with E-state index in [-0.39, 0.29) is 22.5 Å². The highest BCUT2D eigenvalue weighted by atomic mass is 35.5. The molecule has 1 aliphatic heterocycles. The van der Waals surface area contributed by atoms with E-state index in [2.05, 4.69) is 9.88 Å². The number of aromatic nitrogens is 1. The molecule has 1 aromatic carbocycles. The van der Waals surface area contributed by atoms with Crippen LogP contribution in [0.15, 0.2) is 48.7 Å². The van der Waals surface area contributed by atoms with Crippen LogP contribution in [0.4, 0.5) is 13.2 Å². The maximum atomic E-state index is 13.0. The summed E-state index contributed by atoms with van der Waals surface area (Å²) < 4.78 is 39.0. The van der Waals surface area contributed by atoms with Gasteiger partial charge in [-0.15, -0.1) is 0 Å². The first-order valence-electron chi connectivity index (χ1n) is 10.2. The van der Waals surface area contributed by atoms with Gasteiger partial charge in [0.05, 0.1) is 10.6 Å². The Labute approximate surface area is 185 Å². The molecule has 0 unspecified atom stereocenters. The molecule has 31 heavy (non-hydrogen) atoms. The van der Waals surface area contributed by atoms with E-state index in [9.17, 15) is 18.0 Å². The maximum Gasteiger partial charge on any atom is 0.417 e. The second-order valence-corrected chi connectivity index (χ2v) is 8.07. The maximum absolute atomic E-state index is 13.0. The van der Waals surface area contributed by atoms with Gasteiger partial charge in [0.15, 0.2) is 0 Å². The average molecular weight is 452 g/mol. The van der Waals surface area contributed by atoms with Crippen LogP contribution >= 0.6 is 11.6 Å². The minimum absolute atomic E-state index is 0.110. The molecule has 0 saturated carbocycles. The molecule has 0 bridgehead atoms. The van der Waals surface area contributed by atoms with E-state index in [1.54, 1.807) is 18.1 Å². The normalized spacial score (nSPS) is 16.0. The number of piperidine rings is 1. The molecule has 0 spiro atoms. The SMILES string of the molecule is CN(C(=O)/C=C/c1ccc(Cl)c(C(F)(F)F)c1)C1CCN(CCc2ccccn2)CC1. The molecular formula is C23H25ClF3N3O. The average Bonchev–Trinajstić information content (AvgIpc) is 2.76. The molecule has 2 aromatic rings. The van der Waals surface area contributed by atoms with Crippen LogP contribution in [-0.4, -0.2) is 53.4 Å². The lowest BCUT2D eigenvalue weighted by Gasteiger charge is -2.36. The summed E-state index contributed by atoms with van der Waals surface area (Å²) in [6, 6.07) is 9.62. The monoisotopic (exact) mass is 451 g/mol. The van der Waals surface area contributed by atoms with Gasteiger partial charge in [-0.3, -0.25) is 9.78 Å². The van der Waals surface area contributed by atoms with Crippen LogP contribution in [0.25, 0.3) is 6.08 Å². The fourth-order valence-electron chi connectivity index (χ4n) is 3.68. The first kappa shape index (κ1) is 23.3. The van der Waals surface area contributed by atoms with Crippen LogP contribution in [0.2, 0.25) is 5.02 Å². The Morgan fingerprint density at radius 3 is 2.65 bits per heavy atom. The Morgan fingerprint density at radius 1 is 1.26 bits per heavy atom. The first-order chi connectivity index (χ1) is 14.7. The molecular weight excluding hydrogens is 427 g/mol. The van der Waals surface area contributed by atoms with Crippen molar-refractivity contribution in [1.82, 2.24) is 14.8 Å². The summed E-state index contributed by atoms with van der Waals surface area (Å²) in [5, 5.41) is -0.358. The molecule has 1 saturated heterocycles. The number of benzene rings is 1. The molecule has 0 N–H and O–H groups in total. The summed E-state index contributed by atoms with van der Waals surface area (Å²) in [4.78, 5) is 20.9. The van der Waals surface area contributed by atoms with Crippen molar-refractivity contribution in [1.29, 1.82) is 0 Å². The third-order valence-electron chi connectivity index (χ3n) is 5.58. The number of pyridine rings is 1. The number of nitrogens with zero attached hydrogens (tertiary/aromatic N) is 3. The van der Waals surface area contributed by atoms with Gasteiger partial charge in [-0.1, -0.05) is 23.7 Å². The minimum atomic E-state index is -4.54. The van der Waals surface area contributed by atoms with E-state index in [4.69, 9.17) is 11.6 Å². The van der Waals surface area contributed by atoms with Crippen LogP contribution in [0.1, 0.15) is 29.7 Å². The number of rotatable bonds is 6. The van der Waals surface area contributed by atoms with Gasteiger partial charge in [0.25, 0.3) is 0 Å². The number of carbonyl (C=O) groups excluding carboxylic acids is 1. The van der Waals surface area contributed by atoms with Crippen LogP contribution < -0.4 is 0 Å². The van der Waals surface area contributed by atoms with E-state index in [1.807, 2.05) is 18.2 Å². The number of hydrogen-bond donors (Lipinski definition) is 0.